The molecule has 1 N–H and O–H groups in total. The molecule has 1 amide bonds. The number of nitrogens with zero attached hydrogens (tertiary/aromatic N) is 3. The molecule has 0 spiro atoms. The molecule has 1 aliphatic heterocycles. The fourth-order valence-electron chi connectivity index (χ4n) is 8.41. The Balaban J connectivity index is 1.26. The van der Waals surface area contributed by atoms with Crippen molar-refractivity contribution in [1.29, 1.82) is 0 Å². The van der Waals surface area contributed by atoms with Gasteiger partial charge < -0.3 is 9.88 Å². The summed E-state index contributed by atoms with van der Waals surface area (Å²) in [6.45, 7) is 5.01. The molecule has 2 unspecified atom stereocenters. The Morgan fingerprint density at radius 3 is 2.87 bits per heavy atom. The highest BCUT2D eigenvalue weighted by atomic mass is 16.2. The van der Waals surface area contributed by atoms with Crippen LogP contribution in [0, 0.1) is 34.5 Å². The molecule has 0 aromatic carbocycles. The standard InChI is InChI=1S/C26H34N4O/c1-25-12-10-19-17(7-9-21-26(19,2)13-11-23(31)30(21)3)18(25)8-6-16(25)15-22-28-20-5-4-14-27-24(20)29-22/h4-5,11,13-14,16-19,21H,6-10,12,15H2,1-3H3,(H,27,28,29)/t16-,17?,18+,19?,21-,25-,26-/m1/s1. The van der Waals surface area contributed by atoms with Crippen LogP contribution in [0.4, 0.5) is 0 Å². The molecule has 3 fully saturated rings. The van der Waals surface area contributed by atoms with Crippen LogP contribution in [-0.2, 0) is 11.2 Å². The summed E-state index contributed by atoms with van der Waals surface area (Å²) < 4.78 is 0. The molecule has 7 atom stereocenters. The number of aromatic amines is 1. The predicted octanol–water partition coefficient (Wildman–Crippen LogP) is 4.76. The van der Waals surface area contributed by atoms with Crippen LogP contribution in [0.15, 0.2) is 30.5 Å². The maximum atomic E-state index is 12.3. The SMILES string of the molecule is CN1C(=O)C=C[C@]2(C)C3CC[C@]4(C)[C@@H](Cc5nc6ncccc6[nH]5)CC[C@H]4C3CC[C@@H]12. The first-order valence-corrected chi connectivity index (χ1v) is 12.2. The molecule has 5 nitrogen and oxygen atoms in total. The zero-order chi connectivity index (χ0) is 21.4. The van der Waals surface area contributed by atoms with E-state index in [1.807, 2.05) is 30.3 Å². The molecule has 3 heterocycles. The predicted molar refractivity (Wildman–Crippen MR) is 121 cm³/mol. The van der Waals surface area contributed by atoms with E-state index >= 15 is 0 Å². The van der Waals surface area contributed by atoms with Crippen molar-refractivity contribution in [3.8, 4) is 0 Å². The van der Waals surface area contributed by atoms with E-state index in [0.717, 1.165) is 41.7 Å². The Kier molecular flexibility index (Phi) is 4.19. The first-order valence-electron chi connectivity index (χ1n) is 12.2. The third-order valence-electron chi connectivity index (χ3n) is 10.1. The van der Waals surface area contributed by atoms with Crippen molar-refractivity contribution >= 4 is 17.1 Å². The van der Waals surface area contributed by atoms with Gasteiger partial charge in [0.1, 0.15) is 5.82 Å². The van der Waals surface area contributed by atoms with Crippen LogP contribution in [0.25, 0.3) is 11.2 Å². The van der Waals surface area contributed by atoms with Crippen LogP contribution < -0.4 is 0 Å². The number of nitrogens with one attached hydrogen (secondary N) is 1. The Labute approximate surface area is 184 Å². The lowest BCUT2D eigenvalue weighted by molar-refractivity contribution is -0.138. The van der Waals surface area contributed by atoms with Crippen LogP contribution >= 0.6 is 0 Å². The van der Waals surface area contributed by atoms with Crippen molar-refractivity contribution < 1.29 is 4.79 Å². The van der Waals surface area contributed by atoms with Gasteiger partial charge >= 0.3 is 0 Å². The fraction of sp³-hybridized carbons (Fsp3) is 0.654. The van der Waals surface area contributed by atoms with Crippen LogP contribution in [0.5, 0.6) is 0 Å². The summed E-state index contributed by atoms with van der Waals surface area (Å²) in [5.41, 5.74) is 2.43. The molecule has 164 valence electrons. The molecule has 4 aliphatic rings. The van der Waals surface area contributed by atoms with Crippen molar-refractivity contribution in [1.82, 2.24) is 19.9 Å². The highest BCUT2D eigenvalue weighted by molar-refractivity contribution is 5.89. The van der Waals surface area contributed by atoms with Crippen LogP contribution in [0.3, 0.4) is 0 Å². The molecule has 31 heavy (non-hydrogen) atoms. The smallest absolute Gasteiger partial charge is 0.246 e. The van der Waals surface area contributed by atoms with Gasteiger partial charge in [-0.2, -0.15) is 0 Å². The second-order valence-electron chi connectivity index (χ2n) is 11.2. The fourth-order valence-corrected chi connectivity index (χ4v) is 8.41. The number of carbonyl (C=O) groups is 1. The third kappa shape index (κ3) is 2.71. The van der Waals surface area contributed by atoms with E-state index in [1.54, 1.807) is 0 Å². The van der Waals surface area contributed by atoms with Gasteiger partial charge in [-0.25, -0.2) is 9.97 Å². The minimum atomic E-state index is 0.134. The second-order valence-corrected chi connectivity index (χ2v) is 11.2. The number of likely N-dealkylation sites (N-methyl/N-ethyl adjacent to an activating group) is 1. The van der Waals surface area contributed by atoms with Gasteiger partial charge in [0, 0.05) is 31.1 Å². The lowest BCUT2D eigenvalue weighted by atomic mass is 9.47. The number of carbonyl (C=O) groups excluding carboxylic acids is 1. The quantitative estimate of drug-likeness (QED) is 0.765. The molecular weight excluding hydrogens is 384 g/mol. The Bertz CT molecular complexity index is 1030. The van der Waals surface area contributed by atoms with E-state index in [0.29, 0.717) is 23.3 Å². The molecule has 2 aromatic rings. The van der Waals surface area contributed by atoms with Crippen molar-refractivity contribution in [3.63, 3.8) is 0 Å². The van der Waals surface area contributed by atoms with Gasteiger partial charge in [0.15, 0.2) is 5.65 Å². The molecule has 3 aliphatic carbocycles. The van der Waals surface area contributed by atoms with E-state index in [-0.39, 0.29) is 11.3 Å². The van der Waals surface area contributed by atoms with Crippen molar-refractivity contribution in [3.05, 3.63) is 36.3 Å². The first-order chi connectivity index (χ1) is 14.9. The summed E-state index contributed by atoms with van der Waals surface area (Å²) in [5, 5.41) is 0. The summed E-state index contributed by atoms with van der Waals surface area (Å²) in [6.07, 6.45) is 14.7. The second kappa shape index (κ2) is 6.66. The normalized spacial score (nSPS) is 41.8. The Morgan fingerprint density at radius 1 is 1.16 bits per heavy atom. The number of rotatable bonds is 2. The number of H-pyrrole nitrogens is 1. The summed E-state index contributed by atoms with van der Waals surface area (Å²) in [5.74, 6) is 4.26. The number of imidazole rings is 1. The molecule has 5 heteroatoms. The van der Waals surface area contributed by atoms with E-state index in [1.165, 1.54) is 32.1 Å². The van der Waals surface area contributed by atoms with Gasteiger partial charge in [-0.05, 0) is 85.8 Å². The van der Waals surface area contributed by atoms with Crippen LogP contribution in [0.1, 0.15) is 58.2 Å². The third-order valence-corrected chi connectivity index (χ3v) is 10.1. The topological polar surface area (TPSA) is 61.9 Å². The first kappa shape index (κ1) is 19.5. The summed E-state index contributed by atoms with van der Waals surface area (Å²) >= 11 is 0. The van der Waals surface area contributed by atoms with Crippen molar-refractivity contribution in [2.75, 3.05) is 7.05 Å². The Morgan fingerprint density at radius 2 is 2.03 bits per heavy atom. The minimum absolute atomic E-state index is 0.134. The van der Waals surface area contributed by atoms with Gasteiger partial charge in [0.2, 0.25) is 5.91 Å². The highest BCUT2D eigenvalue weighted by Gasteiger charge is 2.60. The van der Waals surface area contributed by atoms with Crippen LogP contribution in [0.2, 0.25) is 0 Å². The number of amides is 1. The maximum absolute atomic E-state index is 12.3. The Hall–Kier alpha value is -2.17. The average molecular weight is 419 g/mol. The number of aromatic nitrogens is 3. The van der Waals surface area contributed by atoms with Gasteiger partial charge in [-0.3, -0.25) is 4.79 Å². The van der Waals surface area contributed by atoms with Crippen molar-refractivity contribution in [2.45, 2.75) is 64.8 Å². The van der Waals surface area contributed by atoms with E-state index in [9.17, 15) is 4.79 Å². The van der Waals surface area contributed by atoms with E-state index in [4.69, 9.17) is 4.98 Å². The molecule has 0 saturated heterocycles. The summed E-state index contributed by atoms with van der Waals surface area (Å²) in [6, 6.07) is 4.41. The largest absolute Gasteiger partial charge is 0.341 e. The van der Waals surface area contributed by atoms with E-state index < -0.39 is 0 Å². The maximum Gasteiger partial charge on any atom is 0.246 e. The summed E-state index contributed by atoms with van der Waals surface area (Å²) in [4.78, 5) is 27.0. The van der Waals surface area contributed by atoms with E-state index in [2.05, 4.69) is 36.0 Å². The lowest BCUT2D eigenvalue weighted by Gasteiger charge is -2.60. The van der Waals surface area contributed by atoms with Gasteiger partial charge in [0.25, 0.3) is 0 Å². The zero-order valence-electron chi connectivity index (χ0n) is 19.0. The van der Waals surface area contributed by atoms with Gasteiger partial charge in [-0.1, -0.05) is 19.9 Å². The summed E-state index contributed by atoms with van der Waals surface area (Å²) in [7, 11) is 2.01. The highest BCUT2D eigenvalue weighted by Crippen LogP contribution is 2.65. The molecule has 2 aromatic heterocycles. The number of hydrogen-bond acceptors (Lipinski definition) is 3. The molecular formula is C26H34N4O. The molecule has 6 rings (SSSR count). The van der Waals surface area contributed by atoms with Gasteiger partial charge in [-0.15, -0.1) is 0 Å². The van der Waals surface area contributed by atoms with Gasteiger partial charge in [0.05, 0.1) is 5.52 Å². The number of fused-ring (bicyclic) bond motifs is 6. The number of pyridine rings is 1. The lowest BCUT2D eigenvalue weighted by Crippen LogP contribution is -2.59. The van der Waals surface area contributed by atoms with Crippen LogP contribution in [-0.4, -0.2) is 38.8 Å². The zero-order valence-corrected chi connectivity index (χ0v) is 19.0. The molecule has 3 saturated carbocycles. The number of hydrogen-bond donors (Lipinski definition) is 1. The van der Waals surface area contributed by atoms with Crippen molar-refractivity contribution in [2.24, 2.45) is 34.5 Å². The monoisotopic (exact) mass is 418 g/mol. The molecule has 0 radical (unpaired) electrons. The molecule has 0 bridgehead atoms. The average Bonchev–Trinajstić information content (AvgIpc) is 3.32. The minimum Gasteiger partial charge on any atom is -0.341 e.